The molecule has 1 aliphatic carbocycles. The van der Waals surface area contributed by atoms with Gasteiger partial charge in [0, 0.05) is 0 Å². The molecule has 0 aromatic heterocycles. The first-order valence-corrected chi connectivity index (χ1v) is 8.43. The summed E-state index contributed by atoms with van der Waals surface area (Å²) in [7, 11) is -1.94. The molecule has 5 heteroatoms. The van der Waals surface area contributed by atoms with Crippen LogP contribution in [0.25, 0.3) is 0 Å². The first-order valence-electron chi connectivity index (χ1n) is 6.72. The minimum Gasteiger partial charge on any atom is -0.469 e. The molecular formula is C15H20O4S. The van der Waals surface area contributed by atoms with Gasteiger partial charge < -0.3 is 4.74 Å². The summed E-state index contributed by atoms with van der Waals surface area (Å²) in [5.41, 5.74) is 0.399. The topological polar surface area (TPSA) is 60.4 Å². The lowest BCUT2D eigenvalue weighted by molar-refractivity contribution is -0.141. The zero-order chi connectivity index (χ0) is 14.8. The summed E-state index contributed by atoms with van der Waals surface area (Å²) in [4.78, 5) is 11.4. The van der Waals surface area contributed by atoms with Crippen LogP contribution in [0.15, 0.2) is 30.3 Å². The monoisotopic (exact) mass is 296 g/mol. The van der Waals surface area contributed by atoms with Gasteiger partial charge in [-0.2, -0.15) is 0 Å². The molecular weight excluding hydrogens is 276 g/mol. The Hall–Kier alpha value is -1.36. The van der Waals surface area contributed by atoms with Crippen molar-refractivity contribution in [2.45, 2.75) is 31.4 Å². The Morgan fingerprint density at radius 1 is 1.30 bits per heavy atom. The maximum Gasteiger partial charge on any atom is 0.306 e. The molecule has 0 radical (unpaired) electrons. The molecule has 4 nitrogen and oxygen atoms in total. The summed E-state index contributed by atoms with van der Waals surface area (Å²) in [6.07, 6.45) is 1.76. The number of rotatable bonds is 6. The smallest absolute Gasteiger partial charge is 0.306 e. The standard InChI is InChI=1S/C15H20O4S/c1-12(13-6-4-3-5-7-13)20(17,18)11-15(8-9-15)10-14(16)19-2/h3-7,12H,8-11H2,1-2H3. The predicted octanol–water partition coefficient (Wildman–Crippen LogP) is 2.51. The molecule has 2 rings (SSSR count). The highest BCUT2D eigenvalue weighted by atomic mass is 32.2. The van der Waals surface area contributed by atoms with E-state index in [9.17, 15) is 13.2 Å². The molecule has 1 aliphatic rings. The third kappa shape index (κ3) is 3.39. The van der Waals surface area contributed by atoms with Crippen LogP contribution in [0.1, 0.15) is 37.0 Å². The van der Waals surface area contributed by atoms with Gasteiger partial charge in [0.05, 0.1) is 24.5 Å². The fraction of sp³-hybridized carbons (Fsp3) is 0.533. The third-order valence-electron chi connectivity index (χ3n) is 4.02. The molecule has 0 spiro atoms. The minimum absolute atomic E-state index is 0.0607. The summed E-state index contributed by atoms with van der Waals surface area (Å²) in [5.74, 6) is -0.268. The molecule has 1 aromatic carbocycles. The predicted molar refractivity (Wildman–Crippen MR) is 76.9 cm³/mol. The molecule has 110 valence electrons. The van der Waals surface area contributed by atoms with Crippen LogP contribution in [-0.4, -0.2) is 27.2 Å². The Balaban J connectivity index is 2.10. The van der Waals surface area contributed by atoms with E-state index in [0.717, 1.165) is 18.4 Å². The fourth-order valence-corrected chi connectivity index (χ4v) is 4.48. The third-order valence-corrected chi connectivity index (χ3v) is 6.38. The second-order valence-corrected chi connectivity index (χ2v) is 7.93. The molecule has 1 fully saturated rings. The number of esters is 1. The number of hydrogen-bond donors (Lipinski definition) is 0. The van der Waals surface area contributed by atoms with Crippen molar-refractivity contribution in [3.05, 3.63) is 35.9 Å². The summed E-state index contributed by atoms with van der Waals surface area (Å²) < 4.78 is 29.7. The normalized spacial score (nSPS) is 18.3. The maximum absolute atomic E-state index is 12.5. The van der Waals surface area contributed by atoms with Gasteiger partial charge in [-0.05, 0) is 30.7 Å². The van der Waals surface area contributed by atoms with Gasteiger partial charge in [0.2, 0.25) is 0 Å². The van der Waals surface area contributed by atoms with Crippen LogP contribution < -0.4 is 0 Å². The van der Waals surface area contributed by atoms with Gasteiger partial charge in [-0.1, -0.05) is 30.3 Å². The molecule has 1 unspecified atom stereocenters. The molecule has 1 saturated carbocycles. The second kappa shape index (κ2) is 5.56. The molecule has 0 N–H and O–H groups in total. The van der Waals surface area contributed by atoms with Crippen LogP contribution >= 0.6 is 0 Å². The van der Waals surface area contributed by atoms with Gasteiger partial charge in [-0.25, -0.2) is 8.42 Å². The van der Waals surface area contributed by atoms with Gasteiger partial charge >= 0.3 is 5.97 Å². The van der Waals surface area contributed by atoms with Crippen molar-refractivity contribution in [2.75, 3.05) is 12.9 Å². The molecule has 20 heavy (non-hydrogen) atoms. The van der Waals surface area contributed by atoms with Crippen LogP contribution in [0.2, 0.25) is 0 Å². The van der Waals surface area contributed by atoms with Gasteiger partial charge in [-0.3, -0.25) is 4.79 Å². The number of hydrogen-bond acceptors (Lipinski definition) is 4. The Morgan fingerprint density at radius 2 is 1.90 bits per heavy atom. The van der Waals surface area contributed by atoms with Crippen molar-refractivity contribution in [1.82, 2.24) is 0 Å². The van der Waals surface area contributed by atoms with Crippen molar-refractivity contribution in [2.24, 2.45) is 5.41 Å². The largest absolute Gasteiger partial charge is 0.469 e. The van der Waals surface area contributed by atoms with E-state index in [0.29, 0.717) is 0 Å². The Morgan fingerprint density at radius 3 is 2.40 bits per heavy atom. The van der Waals surface area contributed by atoms with E-state index in [-0.39, 0.29) is 18.1 Å². The van der Waals surface area contributed by atoms with E-state index in [4.69, 9.17) is 0 Å². The van der Waals surface area contributed by atoms with Gasteiger partial charge in [0.1, 0.15) is 0 Å². The Labute approximate surface area is 120 Å². The average Bonchev–Trinajstić information content (AvgIpc) is 3.17. The van der Waals surface area contributed by atoms with Crippen LogP contribution in [0.3, 0.4) is 0 Å². The highest BCUT2D eigenvalue weighted by Crippen LogP contribution is 2.51. The first kappa shape index (κ1) is 15.0. The molecule has 0 saturated heterocycles. The number of methoxy groups -OCH3 is 1. The zero-order valence-corrected chi connectivity index (χ0v) is 12.7. The molecule has 0 heterocycles. The second-order valence-electron chi connectivity index (χ2n) is 5.61. The van der Waals surface area contributed by atoms with Crippen LogP contribution in [0.5, 0.6) is 0 Å². The number of benzene rings is 1. The van der Waals surface area contributed by atoms with Crippen LogP contribution in [0, 0.1) is 5.41 Å². The van der Waals surface area contributed by atoms with Gasteiger partial charge in [0.25, 0.3) is 0 Å². The van der Waals surface area contributed by atoms with Crippen LogP contribution in [0.4, 0.5) is 0 Å². The molecule has 0 amide bonds. The lowest BCUT2D eigenvalue weighted by Gasteiger charge is -2.18. The Bertz CT molecular complexity index is 573. The van der Waals surface area contributed by atoms with Crippen molar-refractivity contribution in [1.29, 1.82) is 0 Å². The van der Waals surface area contributed by atoms with E-state index < -0.39 is 20.5 Å². The molecule has 1 atom stereocenters. The maximum atomic E-state index is 12.5. The zero-order valence-electron chi connectivity index (χ0n) is 11.8. The first-order chi connectivity index (χ1) is 9.38. The lowest BCUT2D eigenvalue weighted by atomic mass is 10.1. The summed E-state index contributed by atoms with van der Waals surface area (Å²) >= 11 is 0. The number of carbonyl (C=O) groups is 1. The van der Waals surface area contributed by atoms with Crippen molar-refractivity contribution < 1.29 is 17.9 Å². The Kier molecular flexibility index (Phi) is 4.18. The van der Waals surface area contributed by atoms with Crippen molar-refractivity contribution in [3.8, 4) is 0 Å². The SMILES string of the molecule is COC(=O)CC1(CS(=O)(=O)C(C)c2ccccc2)CC1. The summed E-state index contributed by atoms with van der Waals surface area (Å²) in [5, 5.41) is -0.543. The highest BCUT2D eigenvalue weighted by molar-refractivity contribution is 7.91. The van der Waals surface area contributed by atoms with E-state index >= 15 is 0 Å². The number of carbonyl (C=O) groups excluding carboxylic acids is 1. The van der Waals surface area contributed by atoms with E-state index in [1.165, 1.54) is 7.11 Å². The van der Waals surface area contributed by atoms with Crippen molar-refractivity contribution >= 4 is 15.8 Å². The number of sulfone groups is 1. The van der Waals surface area contributed by atoms with Gasteiger partial charge in [-0.15, -0.1) is 0 Å². The molecule has 0 bridgehead atoms. The minimum atomic E-state index is -3.27. The van der Waals surface area contributed by atoms with Crippen molar-refractivity contribution in [3.63, 3.8) is 0 Å². The molecule has 0 aliphatic heterocycles. The van der Waals surface area contributed by atoms with E-state index in [2.05, 4.69) is 4.74 Å². The lowest BCUT2D eigenvalue weighted by Crippen LogP contribution is -2.24. The van der Waals surface area contributed by atoms with Crippen LogP contribution in [-0.2, 0) is 19.4 Å². The fourth-order valence-electron chi connectivity index (χ4n) is 2.41. The highest BCUT2D eigenvalue weighted by Gasteiger charge is 2.48. The quantitative estimate of drug-likeness (QED) is 0.757. The average molecular weight is 296 g/mol. The summed E-state index contributed by atoms with van der Waals surface area (Å²) in [6.45, 7) is 1.71. The molecule has 1 aromatic rings. The van der Waals surface area contributed by atoms with Gasteiger partial charge in [0.15, 0.2) is 9.84 Å². The van der Waals surface area contributed by atoms with E-state index in [1.54, 1.807) is 6.92 Å². The number of ether oxygens (including phenoxy) is 1. The summed E-state index contributed by atoms with van der Waals surface area (Å²) in [6, 6.07) is 9.18. The van der Waals surface area contributed by atoms with E-state index in [1.807, 2.05) is 30.3 Å².